The maximum atomic E-state index is 6.45. The molecule has 114 valence electrons. The molecule has 0 amide bonds. The van der Waals surface area contributed by atoms with Crippen LogP contribution in [0.4, 0.5) is 5.69 Å². The number of halogens is 1. The van der Waals surface area contributed by atoms with Gasteiger partial charge in [0.15, 0.2) is 0 Å². The van der Waals surface area contributed by atoms with Gasteiger partial charge in [0.2, 0.25) is 0 Å². The Labute approximate surface area is 145 Å². The molecule has 0 aliphatic rings. The van der Waals surface area contributed by atoms with Crippen molar-refractivity contribution in [2.24, 2.45) is 0 Å². The van der Waals surface area contributed by atoms with E-state index >= 15 is 0 Å². The average molecular weight is 328 g/mol. The molecule has 0 radical (unpaired) electrons. The number of nitrogens with two attached hydrogens (primary N) is 1. The SMILES string of the molecule is Nc1c(C#Cc2ccccc2Cl)c2ccccc2c2ccccc12. The zero-order valence-corrected chi connectivity index (χ0v) is 13.6. The minimum Gasteiger partial charge on any atom is -0.397 e. The summed E-state index contributed by atoms with van der Waals surface area (Å²) in [5, 5.41) is 5.04. The molecule has 0 fully saturated rings. The molecule has 0 saturated carbocycles. The normalized spacial score (nSPS) is 10.5. The van der Waals surface area contributed by atoms with E-state index in [1.165, 1.54) is 0 Å². The van der Waals surface area contributed by atoms with Crippen molar-refractivity contribution in [3.05, 3.63) is 88.9 Å². The zero-order chi connectivity index (χ0) is 16.5. The van der Waals surface area contributed by atoms with Crippen LogP contribution in [-0.4, -0.2) is 0 Å². The zero-order valence-electron chi connectivity index (χ0n) is 12.9. The first kappa shape index (κ1) is 14.6. The summed E-state index contributed by atoms with van der Waals surface area (Å²) in [5.41, 5.74) is 8.82. The van der Waals surface area contributed by atoms with Crippen molar-refractivity contribution < 1.29 is 0 Å². The molecule has 4 aromatic carbocycles. The van der Waals surface area contributed by atoms with Crippen LogP contribution in [0.5, 0.6) is 0 Å². The van der Waals surface area contributed by atoms with Crippen LogP contribution in [0.3, 0.4) is 0 Å². The van der Waals surface area contributed by atoms with E-state index in [9.17, 15) is 0 Å². The van der Waals surface area contributed by atoms with Gasteiger partial charge in [-0.05, 0) is 22.9 Å². The van der Waals surface area contributed by atoms with Gasteiger partial charge in [-0.3, -0.25) is 0 Å². The van der Waals surface area contributed by atoms with Gasteiger partial charge in [0.1, 0.15) is 0 Å². The molecule has 4 rings (SSSR count). The second-order valence-corrected chi connectivity index (χ2v) is 6.02. The molecule has 0 bridgehead atoms. The van der Waals surface area contributed by atoms with Gasteiger partial charge in [0.25, 0.3) is 0 Å². The molecule has 2 N–H and O–H groups in total. The number of anilines is 1. The van der Waals surface area contributed by atoms with Gasteiger partial charge >= 0.3 is 0 Å². The summed E-state index contributed by atoms with van der Waals surface area (Å²) in [6, 6.07) is 24.0. The first-order valence-electron chi connectivity index (χ1n) is 7.71. The summed E-state index contributed by atoms with van der Waals surface area (Å²) in [5.74, 6) is 6.41. The van der Waals surface area contributed by atoms with Crippen molar-refractivity contribution in [2.45, 2.75) is 0 Å². The Balaban J connectivity index is 2.05. The van der Waals surface area contributed by atoms with Crippen LogP contribution in [0.25, 0.3) is 21.5 Å². The minimum absolute atomic E-state index is 0.647. The number of hydrogen-bond donors (Lipinski definition) is 1. The largest absolute Gasteiger partial charge is 0.397 e. The molecular weight excluding hydrogens is 314 g/mol. The van der Waals surface area contributed by atoms with E-state index in [-0.39, 0.29) is 0 Å². The van der Waals surface area contributed by atoms with E-state index in [1.54, 1.807) is 0 Å². The monoisotopic (exact) mass is 327 g/mol. The predicted molar refractivity (Wildman–Crippen MR) is 103 cm³/mol. The van der Waals surface area contributed by atoms with E-state index in [0.717, 1.165) is 32.7 Å². The third-order valence-electron chi connectivity index (χ3n) is 4.17. The van der Waals surface area contributed by atoms with E-state index in [2.05, 4.69) is 30.0 Å². The highest BCUT2D eigenvalue weighted by atomic mass is 35.5. The van der Waals surface area contributed by atoms with E-state index < -0.39 is 0 Å². The van der Waals surface area contributed by atoms with Gasteiger partial charge in [-0.25, -0.2) is 0 Å². The Kier molecular flexibility index (Phi) is 3.61. The maximum Gasteiger partial charge on any atom is 0.0563 e. The smallest absolute Gasteiger partial charge is 0.0563 e. The lowest BCUT2D eigenvalue weighted by molar-refractivity contribution is 1.64. The highest BCUT2D eigenvalue weighted by Crippen LogP contribution is 2.34. The van der Waals surface area contributed by atoms with Crippen LogP contribution < -0.4 is 5.73 Å². The van der Waals surface area contributed by atoms with Crippen molar-refractivity contribution in [3.63, 3.8) is 0 Å². The van der Waals surface area contributed by atoms with Crippen LogP contribution in [0, 0.1) is 11.8 Å². The Morgan fingerprint density at radius 1 is 0.625 bits per heavy atom. The summed E-state index contributed by atoms with van der Waals surface area (Å²) in [4.78, 5) is 0. The van der Waals surface area contributed by atoms with Crippen LogP contribution >= 0.6 is 11.6 Å². The molecule has 0 aliphatic heterocycles. The highest BCUT2D eigenvalue weighted by Gasteiger charge is 2.10. The summed E-state index contributed by atoms with van der Waals surface area (Å²) in [6.07, 6.45) is 0. The van der Waals surface area contributed by atoms with E-state index in [1.807, 2.05) is 54.6 Å². The highest BCUT2D eigenvalue weighted by molar-refractivity contribution is 6.31. The third-order valence-corrected chi connectivity index (χ3v) is 4.50. The Bertz CT molecular complexity index is 1130. The molecule has 0 heterocycles. The molecule has 2 heteroatoms. The quantitative estimate of drug-likeness (QED) is 0.253. The first-order chi connectivity index (χ1) is 11.8. The average Bonchev–Trinajstić information content (AvgIpc) is 2.63. The molecule has 0 aliphatic carbocycles. The Morgan fingerprint density at radius 2 is 1.17 bits per heavy atom. The van der Waals surface area contributed by atoms with Gasteiger partial charge in [-0.2, -0.15) is 0 Å². The number of rotatable bonds is 0. The topological polar surface area (TPSA) is 26.0 Å². The number of hydrogen-bond acceptors (Lipinski definition) is 1. The molecule has 4 aromatic rings. The molecule has 0 saturated heterocycles. The number of fused-ring (bicyclic) bond motifs is 3. The van der Waals surface area contributed by atoms with Gasteiger partial charge in [-0.1, -0.05) is 84.1 Å². The fourth-order valence-electron chi connectivity index (χ4n) is 3.00. The van der Waals surface area contributed by atoms with Crippen LogP contribution in [0.2, 0.25) is 5.02 Å². The van der Waals surface area contributed by atoms with Crippen LogP contribution in [-0.2, 0) is 0 Å². The molecule has 0 spiro atoms. The van der Waals surface area contributed by atoms with Gasteiger partial charge in [-0.15, -0.1) is 0 Å². The third kappa shape index (κ3) is 2.38. The molecule has 24 heavy (non-hydrogen) atoms. The minimum atomic E-state index is 0.647. The van der Waals surface area contributed by atoms with E-state index in [0.29, 0.717) is 10.7 Å². The maximum absolute atomic E-state index is 6.45. The fraction of sp³-hybridized carbons (Fsp3) is 0. The summed E-state index contributed by atoms with van der Waals surface area (Å²) in [6.45, 7) is 0. The number of benzene rings is 4. The lowest BCUT2D eigenvalue weighted by Gasteiger charge is -2.10. The Morgan fingerprint density at radius 3 is 1.88 bits per heavy atom. The van der Waals surface area contributed by atoms with Gasteiger partial charge in [0, 0.05) is 16.3 Å². The summed E-state index contributed by atoms with van der Waals surface area (Å²) in [7, 11) is 0. The summed E-state index contributed by atoms with van der Waals surface area (Å²) < 4.78 is 0. The van der Waals surface area contributed by atoms with Crippen LogP contribution in [0.1, 0.15) is 11.1 Å². The van der Waals surface area contributed by atoms with Crippen molar-refractivity contribution in [1.82, 2.24) is 0 Å². The van der Waals surface area contributed by atoms with E-state index in [4.69, 9.17) is 17.3 Å². The molecule has 0 unspecified atom stereocenters. The Hall–Kier alpha value is -2.95. The number of nitrogen functional groups attached to an aromatic ring is 1. The van der Waals surface area contributed by atoms with Crippen molar-refractivity contribution in [2.75, 3.05) is 5.73 Å². The van der Waals surface area contributed by atoms with Gasteiger partial charge < -0.3 is 5.73 Å². The van der Waals surface area contributed by atoms with Crippen molar-refractivity contribution in [3.8, 4) is 11.8 Å². The molecule has 0 atom stereocenters. The standard InChI is InChI=1S/C22H14ClN/c23-21-12-6-1-7-15(21)13-14-20-18-10-3-2-8-16(18)17-9-4-5-11-19(17)22(20)24/h1-12H,24H2. The van der Waals surface area contributed by atoms with Crippen molar-refractivity contribution >= 4 is 38.8 Å². The fourth-order valence-corrected chi connectivity index (χ4v) is 3.18. The molecule has 0 aromatic heterocycles. The van der Waals surface area contributed by atoms with Crippen molar-refractivity contribution in [1.29, 1.82) is 0 Å². The lowest BCUT2D eigenvalue weighted by atomic mass is 9.95. The molecular formula is C22H14ClN. The second-order valence-electron chi connectivity index (χ2n) is 5.61. The second kappa shape index (κ2) is 5.92. The summed E-state index contributed by atoms with van der Waals surface area (Å²) >= 11 is 6.21. The first-order valence-corrected chi connectivity index (χ1v) is 8.09. The van der Waals surface area contributed by atoms with Crippen LogP contribution in [0.15, 0.2) is 72.8 Å². The molecule has 1 nitrogen and oxygen atoms in total. The van der Waals surface area contributed by atoms with Gasteiger partial charge in [0.05, 0.1) is 16.3 Å². The lowest BCUT2D eigenvalue weighted by Crippen LogP contribution is -1.94. The predicted octanol–water partition coefficient (Wildman–Crippen LogP) is 5.63.